The zero-order valence-corrected chi connectivity index (χ0v) is 12.6. The van der Waals surface area contributed by atoms with Gasteiger partial charge in [-0.3, -0.25) is 9.59 Å². The van der Waals surface area contributed by atoms with Crippen LogP contribution in [0.3, 0.4) is 0 Å². The highest BCUT2D eigenvalue weighted by molar-refractivity contribution is 6.53. The van der Waals surface area contributed by atoms with Crippen molar-refractivity contribution in [3.05, 3.63) is 46.2 Å². The van der Waals surface area contributed by atoms with Crippen LogP contribution in [0.25, 0.3) is 11.3 Å². The predicted molar refractivity (Wildman–Crippen MR) is 81.7 cm³/mol. The molecular formula is C18H16O5. The monoisotopic (exact) mass is 312 g/mol. The van der Waals surface area contributed by atoms with Gasteiger partial charge < -0.3 is 14.6 Å². The summed E-state index contributed by atoms with van der Waals surface area (Å²) in [5, 5.41) is 19.6. The second kappa shape index (κ2) is 4.88. The van der Waals surface area contributed by atoms with Crippen LogP contribution >= 0.6 is 0 Å². The van der Waals surface area contributed by atoms with Crippen molar-refractivity contribution in [1.29, 1.82) is 0 Å². The van der Waals surface area contributed by atoms with Crippen LogP contribution in [0.2, 0.25) is 0 Å². The molecule has 5 nitrogen and oxygen atoms in total. The van der Waals surface area contributed by atoms with Gasteiger partial charge in [-0.15, -0.1) is 0 Å². The van der Waals surface area contributed by atoms with Crippen molar-refractivity contribution >= 4 is 11.6 Å². The number of aryl methyl sites for hydroxylation is 1. The number of carbonyl (C=O) groups excluding carboxylic acids is 2. The lowest BCUT2D eigenvalue weighted by molar-refractivity contribution is 0.0807. The number of fused-ring (bicyclic) bond motifs is 5. The van der Waals surface area contributed by atoms with Gasteiger partial charge in [0.1, 0.15) is 5.76 Å². The van der Waals surface area contributed by atoms with Gasteiger partial charge in [0, 0.05) is 17.0 Å². The zero-order chi connectivity index (χ0) is 16.3. The lowest BCUT2D eigenvalue weighted by Gasteiger charge is -2.31. The molecule has 4 rings (SSSR count). The van der Waals surface area contributed by atoms with Gasteiger partial charge in [0.25, 0.3) is 0 Å². The molecule has 1 aromatic carbocycles. The molecular weight excluding hydrogens is 296 g/mol. The Morgan fingerprint density at radius 1 is 1.22 bits per heavy atom. The summed E-state index contributed by atoms with van der Waals surface area (Å²) < 4.78 is 5.53. The number of benzene rings is 1. The third-order valence-electron chi connectivity index (χ3n) is 4.98. The summed E-state index contributed by atoms with van der Waals surface area (Å²) in [6.07, 6.45) is 1.82. The Bertz CT molecular complexity index is 845. The van der Waals surface area contributed by atoms with Gasteiger partial charge in [-0.05, 0) is 36.5 Å². The molecule has 0 saturated carbocycles. The number of aliphatic hydroxyl groups is 2. The van der Waals surface area contributed by atoms with E-state index in [9.17, 15) is 19.8 Å². The van der Waals surface area contributed by atoms with Gasteiger partial charge in [-0.1, -0.05) is 12.1 Å². The van der Waals surface area contributed by atoms with Crippen LogP contribution in [-0.4, -0.2) is 34.5 Å². The minimum Gasteiger partial charge on any atom is -0.463 e. The summed E-state index contributed by atoms with van der Waals surface area (Å²) in [6, 6.07) is 3.57. The molecule has 2 aliphatic carbocycles. The number of ketones is 2. The molecule has 1 aromatic heterocycles. The number of carbonyl (C=O) groups is 2. The third kappa shape index (κ3) is 1.81. The van der Waals surface area contributed by atoms with E-state index in [2.05, 4.69) is 0 Å². The molecule has 2 atom stereocenters. The van der Waals surface area contributed by atoms with E-state index in [1.54, 1.807) is 13.0 Å². The first-order chi connectivity index (χ1) is 11.0. The van der Waals surface area contributed by atoms with Crippen molar-refractivity contribution < 1.29 is 24.2 Å². The van der Waals surface area contributed by atoms with Crippen molar-refractivity contribution in [1.82, 2.24) is 0 Å². The summed E-state index contributed by atoms with van der Waals surface area (Å²) in [5.41, 5.74) is 3.51. The lowest BCUT2D eigenvalue weighted by atomic mass is 9.74. The fourth-order valence-corrected chi connectivity index (χ4v) is 3.80. The predicted octanol–water partition coefficient (Wildman–Crippen LogP) is 2.02. The maximum absolute atomic E-state index is 12.7. The molecule has 0 bridgehead atoms. The Kier molecular flexibility index (Phi) is 3.04. The Labute approximate surface area is 132 Å². The van der Waals surface area contributed by atoms with Crippen LogP contribution in [-0.2, 0) is 6.42 Å². The Balaban J connectivity index is 2.01. The Hall–Kier alpha value is -2.24. The van der Waals surface area contributed by atoms with Gasteiger partial charge in [-0.2, -0.15) is 0 Å². The second-order valence-electron chi connectivity index (χ2n) is 6.23. The lowest BCUT2D eigenvalue weighted by Crippen LogP contribution is -2.31. The fourth-order valence-electron chi connectivity index (χ4n) is 3.80. The van der Waals surface area contributed by atoms with E-state index in [-0.39, 0.29) is 6.61 Å². The van der Waals surface area contributed by atoms with Crippen molar-refractivity contribution in [2.75, 3.05) is 6.61 Å². The first-order valence-electron chi connectivity index (χ1n) is 7.66. The number of hydrogen-bond acceptors (Lipinski definition) is 5. The number of aliphatic hydroxyl groups excluding tert-OH is 2. The van der Waals surface area contributed by atoms with Crippen LogP contribution in [0.4, 0.5) is 0 Å². The summed E-state index contributed by atoms with van der Waals surface area (Å²) in [4.78, 5) is 25.1. The molecule has 0 amide bonds. The van der Waals surface area contributed by atoms with Crippen molar-refractivity contribution in [2.45, 2.75) is 31.8 Å². The van der Waals surface area contributed by atoms with Crippen LogP contribution in [0, 0.1) is 6.92 Å². The Morgan fingerprint density at radius 3 is 2.70 bits per heavy atom. The van der Waals surface area contributed by atoms with E-state index in [0.717, 1.165) is 11.1 Å². The first kappa shape index (κ1) is 14.4. The van der Waals surface area contributed by atoms with E-state index in [0.29, 0.717) is 40.9 Å². The summed E-state index contributed by atoms with van der Waals surface area (Å²) in [5.74, 6) is -1.05. The molecule has 0 aliphatic heterocycles. The maximum Gasteiger partial charge on any atom is 0.237 e. The molecule has 2 N–H and O–H groups in total. The minimum absolute atomic E-state index is 0.194. The van der Waals surface area contributed by atoms with Crippen molar-refractivity contribution in [3.63, 3.8) is 0 Å². The van der Waals surface area contributed by atoms with Crippen LogP contribution in [0.1, 0.15) is 49.7 Å². The van der Waals surface area contributed by atoms with E-state index in [1.807, 2.05) is 6.07 Å². The topological polar surface area (TPSA) is 87.7 Å². The van der Waals surface area contributed by atoms with Crippen LogP contribution < -0.4 is 0 Å². The van der Waals surface area contributed by atoms with Crippen LogP contribution in [0.15, 0.2) is 22.8 Å². The Morgan fingerprint density at radius 2 is 1.96 bits per heavy atom. The highest BCUT2D eigenvalue weighted by Gasteiger charge is 2.39. The minimum atomic E-state index is -0.638. The number of hydrogen-bond donors (Lipinski definition) is 2. The quantitative estimate of drug-likeness (QED) is 0.787. The molecule has 1 heterocycles. The molecule has 2 aromatic rings. The highest BCUT2D eigenvalue weighted by Crippen LogP contribution is 2.42. The van der Waals surface area contributed by atoms with Gasteiger partial charge in [0.05, 0.1) is 24.5 Å². The summed E-state index contributed by atoms with van der Waals surface area (Å²) in [7, 11) is 0. The van der Waals surface area contributed by atoms with Crippen molar-refractivity contribution in [2.24, 2.45) is 0 Å². The molecule has 5 heteroatoms. The van der Waals surface area contributed by atoms with E-state index in [1.165, 1.54) is 6.26 Å². The van der Waals surface area contributed by atoms with Gasteiger partial charge in [-0.25, -0.2) is 0 Å². The molecule has 0 fully saturated rings. The van der Waals surface area contributed by atoms with Gasteiger partial charge in [0.15, 0.2) is 0 Å². The first-order valence-corrected chi connectivity index (χ1v) is 7.66. The van der Waals surface area contributed by atoms with Crippen LogP contribution in [0.5, 0.6) is 0 Å². The number of furan rings is 1. The smallest absolute Gasteiger partial charge is 0.237 e. The third-order valence-corrected chi connectivity index (χ3v) is 4.98. The maximum atomic E-state index is 12.7. The molecule has 0 spiro atoms. The molecule has 2 aliphatic rings. The molecule has 0 radical (unpaired) electrons. The molecule has 0 saturated heterocycles. The molecule has 118 valence electrons. The van der Waals surface area contributed by atoms with E-state index in [4.69, 9.17) is 4.42 Å². The van der Waals surface area contributed by atoms with Gasteiger partial charge >= 0.3 is 0 Å². The second-order valence-corrected chi connectivity index (χ2v) is 6.23. The highest BCUT2D eigenvalue weighted by atomic mass is 16.3. The average molecular weight is 312 g/mol. The zero-order valence-electron chi connectivity index (χ0n) is 12.6. The normalized spacial score (nSPS) is 22.6. The van der Waals surface area contributed by atoms with Gasteiger partial charge in [0.2, 0.25) is 11.6 Å². The average Bonchev–Trinajstić information content (AvgIpc) is 2.93. The number of Topliss-reactive ketones (excluding diaryl/α,β-unsaturated/α-hetero) is 2. The largest absolute Gasteiger partial charge is 0.463 e. The SMILES string of the molecule is Cc1coc2c1C(=O)C(=O)c1c-2ccc2c1CC[C@H](O)[C@H]2CO. The molecule has 23 heavy (non-hydrogen) atoms. The summed E-state index contributed by atoms with van der Waals surface area (Å²) in [6.45, 7) is 1.55. The number of rotatable bonds is 1. The van der Waals surface area contributed by atoms with E-state index < -0.39 is 23.6 Å². The standard InChI is InChI=1S/C18H16O5/c1-8-7-23-18-11-3-2-9-10(4-5-13(20)12(9)6-19)15(11)17(22)16(21)14(8)18/h2-3,7,12-13,19-20H,4-6H2,1H3/t12-,13-/m0/s1. The summed E-state index contributed by atoms with van der Waals surface area (Å²) >= 11 is 0. The van der Waals surface area contributed by atoms with E-state index >= 15 is 0 Å². The molecule has 0 unspecified atom stereocenters. The fraction of sp³-hybridized carbons (Fsp3) is 0.333. The van der Waals surface area contributed by atoms with Crippen molar-refractivity contribution in [3.8, 4) is 11.3 Å².